The Morgan fingerprint density at radius 2 is 1.90 bits per heavy atom. The van der Waals surface area contributed by atoms with E-state index < -0.39 is 10.0 Å². The Hall–Kier alpha value is -2.56. The first kappa shape index (κ1) is 21.2. The third-order valence-corrected chi connectivity index (χ3v) is 6.92. The number of amides is 1. The average molecular weight is 434 g/mol. The number of thiazole rings is 1. The molecule has 0 radical (unpaired) electrons. The van der Waals surface area contributed by atoms with Crippen LogP contribution in [0.1, 0.15) is 17.8 Å². The Morgan fingerprint density at radius 1 is 1.21 bits per heavy atom. The summed E-state index contributed by atoms with van der Waals surface area (Å²) in [5, 5.41) is 9.48. The van der Waals surface area contributed by atoms with Gasteiger partial charge in [0.15, 0.2) is 5.13 Å². The van der Waals surface area contributed by atoms with Crippen LogP contribution in [0.3, 0.4) is 0 Å². The van der Waals surface area contributed by atoms with E-state index in [0.717, 1.165) is 17.0 Å². The van der Waals surface area contributed by atoms with Gasteiger partial charge in [-0.05, 0) is 32.0 Å². The summed E-state index contributed by atoms with van der Waals surface area (Å²) in [7, 11) is -0.479. The van der Waals surface area contributed by atoms with Crippen LogP contribution in [0, 0.1) is 13.8 Å². The minimum Gasteiger partial charge on any atom is -0.302 e. The summed E-state index contributed by atoms with van der Waals surface area (Å²) in [6, 6.07) is 8.49. The van der Waals surface area contributed by atoms with E-state index >= 15 is 0 Å². The SMILES string of the molecule is Cc1cc(C)n(CCC(=O)Nc2nc(-c3ccc(S(=O)(=O)N(C)C)cc3)cs2)n1. The molecule has 2 heterocycles. The van der Waals surface area contributed by atoms with Crippen molar-refractivity contribution in [3.05, 3.63) is 47.1 Å². The molecular formula is C19H23N5O3S2. The lowest BCUT2D eigenvalue weighted by atomic mass is 10.2. The largest absolute Gasteiger partial charge is 0.302 e. The van der Waals surface area contributed by atoms with Crippen molar-refractivity contribution in [2.24, 2.45) is 0 Å². The smallest absolute Gasteiger partial charge is 0.242 e. The lowest BCUT2D eigenvalue weighted by molar-refractivity contribution is -0.116. The predicted octanol–water partition coefficient (Wildman–Crippen LogP) is 2.90. The number of benzene rings is 1. The highest BCUT2D eigenvalue weighted by Crippen LogP contribution is 2.26. The molecule has 1 amide bonds. The van der Waals surface area contributed by atoms with Crippen LogP contribution in [0.15, 0.2) is 40.6 Å². The second-order valence-electron chi connectivity index (χ2n) is 6.80. The summed E-state index contributed by atoms with van der Waals surface area (Å²) >= 11 is 1.32. The molecule has 0 spiro atoms. The number of nitrogens with one attached hydrogen (secondary N) is 1. The van der Waals surface area contributed by atoms with Crippen LogP contribution < -0.4 is 5.32 Å². The highest BCUT2D eigenvalue weighted by molar-refractivity contribution is 7.89. The van der Waals surface area contributed by atoms with E-state index in [1.165, 1.54) is 29.7 Å². The number of hydrogen-bond donors (Lipinski definition) is 1. The van der Waals surface area contributed by atoms with Gasteiger partial charge < -0.3 is 5.32 Å². The standard InChI is InChI=1S/C19H23N5O3S2/c1-13-11-14(2)24(22-13)10-9-18(25)21-19-20-17(12-28-19)15-5-7-16(8-6-15)29(26,27)23(3)4/h5-8,11-12H,9-10H2,1-4H3,(H,20,21,25). The molecule has 1 aromatic carbocycles. The first-order valence-electron chi connectivity index (χ1n) is 8.96. The molecule has 0 aliphatic carbocycles. The summed E-state index contributed by atoms with van der Waals surface area (Å²) in [6.45, 7) is 4.38. The molecule has 8 nitrogen and oxygen atoms in total. The van der Waals surface area contributed by atoms with Crippen molar-refractivity contribution in [1.82, 2.24) is 19.1 Å². The van der Waals surface area contributed by atoms with E-state index in [4.69, 9.17) is 0 Å². The number of hydrogen-bond acceptors (Lipinski definition) is 6. The highest BCUT2D eigenvalue weighted by atomic mass is 32.2. The summed E-state index contributed by atoms with van der Waals surface area (Å²) in [4.78, 5) is 16.9. The molecule has 154 valence electrons. The summed E-state index contributed by atoms with van der Waals surface area (Å²) in [5.41, 5.74) is 3.41. The maximum Gasteiger partial charge on any atom is 0.242 e. The van der Waals surface area contributed by atoms with Crippen molar-refractivity contribution < 1.29 is 13.2 Å². The fourth-order valence-electron chi connectivity index (χ4n) is 2.76. The number of aryl methyl sites for hydroxylation is 3. The van der Waals surface area contributed by atoms with Crippen molar-refractivity contribution in [2.45, 2.75) is 31.7 Å². The highest BCUT2D eigenvalue weighted by Gasteiger charge is 2.17. The molecule has 2 aromatic heterocycles. The van der Waals surface area contributed by atoms with Crippen LogP contribution >= 0.6 is 11.3 Å². The molecule has 0 unspecified atom stereocenters. The zero-order chi connectivity index (χ0) is 21.2. The van der Waals surface area contributed by atoms with E-state index in [2.05, 4.69) is 15.4 Å². The normalized spacial score (nSPS) is 11.8. The first-order chi connectivity index (χ1) is 13.7. The van der Waals surface area contributed by atoms with E-state index in [0.29, 0.717) is 23.8 Å². The minimum atomic E-state index is -3.47. The van der Waals surface area contributed by atoms with Crippen molar-refractivity contribution in [1.29, 1.82) is 0 Å². The van der Waals surface area contributed by atoms with E-state index in [9.17, 15) is 13.2 Å². The molecule has 1 N–H and O–H groups in total. The van der Waals surface area contributed by atoms with Gasteiger partial charge in [0, 0.05) is 43.7 Å². The second-order valence-corrected chi connectivity index (χ2v) is 9.81. The fraction of sp³-hybridized carbons (Fsp3) is 0.316. The molecule has 0 fully saturated rings. The Kier molecular flexibility index (Phi) is 6.15. The van der Waals surface area contributed by atoms with Crippen molar-refractivity contribution in [3.63, 3.8) is 0 Å². The van der Waals surface area contributed by atoms with E-state index in [1.807, 2.05) is 30.0 Å². The van der Waals surface area contributed by atoms with Crippen LogP contribution in [0.25, 0.3) is 11.3 Å². The Morgan fingerprint density at radius 3 is 2.48 bits per heavy atom. The van der Waals surface area contributed by atoms with Gasteiger partial charge in [-0.3, -0.25) is 9.48 Å². The molecule has 10 heteroatoms. The second kappa shape index (κ2) is 8.44. The van der Waals surface area contributed by atoms with Crippen molar-refractivity contribution >= 4 is 32.4 Å². The lowest BCUT2D eigenvalue weighted by Gasteiger charge is -2.11. The average Bonchev–Trinajstić information content (AvgIpc) is 3.25. The van der Waals surface area contributed by atoms with Gasteiger partial charge in [-0.1, -0.05) is 12.1 Å². The molecular weight excluding hydrogens is 410 g/mol. The number of nitrogens with zero attached hydrogens (tertiary/aromatic N) is 4. The number of anilines is 1. The molecule has 3 aromatic rings. The molecule has 0 saturated heterocycles. The van der Waals surface area contributed by atoms with Gasteiger partial charge in [0.25, 0.3) is 0 Å². The van der Waals surface area contributed by atoms with Crippen LogP contribution in [0.4, 0.5) is 5.13 Å². The maximum absolute atomic E-state index is 12.2. The van der Waals surface area contributed by atoms with Gasteiger partial charge in [0.2, 0.25) is 15.9 Å². The Labute approximate surface area is 174 Å². The van der Waals surface area contributed by atoms with Crippen LogP contribution in [0.5, 0.6) is 0 Å². The minimum absolute atomic E-state index is 0.133. The molecule has 0 aliphatic rings. The zero-order valence-electron chi connectivity index (χ0n) is 16.7. The Balaban J connectivity index is 1.63. The van der Waals surface area contributed by atoms with Gasteiger partial charge in [-0.25, -0.2) is 17.7 Å². The number of sulfonamides is 1. The summed E-state index contributed by atoms with van der Waals surface area (Å²) < 4.78 is 27.3. The number of rotatable bonds is 7. The van der Waals surface area contributed by atoms with Gasteiger partial charge >= 0.3 is 0 Å². The molecule has 0 bridgehead atoms. The molecule has 0 aliphatic heterocycles. The number of aromatic nitrogens is 3. The van der Waals surface area contributed by atoms with E-state index in [-0.39, 0.29) is 10.8 Å². The molecule has 29 heavy (non-hydrogen) atoms. The van der Waals surface area contributed by atoms with Gasteiger partial charge in [-0.2, -0.15) is 5.10 Å². The van der Waals surface area contributed by atoms with Crippen molar-refractivity contribution in [3.8, 4) is 11.3 Å². The fourth-order valence-corrected chi connectivity index (χ4v) is 4.40. The lowest BCUT2D eigenvalue weighted by Crippen LogP contribution is -2.22. The molecule has 0 atom stereocenters. The van der Waals surface area contributed by atoms with Gasteiger partial charge in [0.05, 0.1) is 16.3 Å². The topological polar surface area (TPSA) is 97.2 Å². The van der Waals surface area contributed by atoms with Gasteiger partial charge in [0.1, 0.15) is 0 Å². The monoisotopic (exact) mass is 433 g/mol. The molecule has 3 rings (SSSR count). The number of carbonyl (C=O) groups excluding carboxylic acids is 1. The zero-order valence-corrected chi connectivity index (χ0v) is 18.3. The van der Waals surface area contributed by atoms with Crippen molar-refractivity contribution in [2.75, 3.05) is 19.4 Å². The first-order valence-corrected chi connectivity index (χ1v) is 11.3. The quantitative estimate of drug-likeness (QED) is 0.618. The summed E-state index contributed by atoms with van der Waals surface area (Å²) in [6.07, 6.45) is 0.300. The van der Waals surface area contributed by atoms with Crippen LogP contribution in [0.2, 0.25) is 0 Å². The third-order valence-electron chi connectivity index (χ3n) is 4.33. The van der Waals surface area contributed by atoms with E-state index in [1.54, 1.807) is 24.3 Å². The van der Waals surface area contributed by atoms with Gasteiger partial charge in [-0.15, -0.1) is 11.3 Å². The Bertz CT molecular complexity index is 1120. The predicted molar refractivity (Wildman–Crippen MR) is 113 cm³/mol. The maximum atomic E-state index is 12.2. The summed E-state index contributed by atoms with van der Waals surface area (Å²) in [5.74, 6) is -0.133. The number of carbonyl (C=O) groups is 1. The van der Waals surface area contributed by atoms with Crippen LogP contribution in [-0.4, -0.2) is 47.5 Å². The van der Waals surface area contributed by atoms with Crippen LogP contribution in [-0.2, 0) is 21.4 Å². The molecule has 0 saturated carbocycles. The third kappa shape index (κ3) is 4.89.